The first-order chi connectivity index (χ1) is 46.7. The van der Waals surface area contributed by atoms with Crippen LogP contribution in [0.4, 0.5) is 0 Å². The van der Waals surface area contributed by atoms with Gasteiger partial charge in [0.05, 0.1) is 26.4 Å². The van der Waals surface area contributed by atoms with Crippen molar-refractivity contribution >= 4 is 39.5 Å². The van der Waals surface area contributed by atoms with Gasteiger partial charge in [0.2, 0.25) is 0 Å². The van der Waals surface area contributed by atoms with E-state index in [0.717, 1.165) is 161 Å². The molecule has 19 heteroatoms. The minimum absolute atomic E-state index is 0.0849. The predicted octanol–water partition coefficient (Wildman–Crippen LogP) is 21.9. The van der Waals surface area contributed by atoms with Gasteiger partial charge in [0.1, 0.15) is 19.3 Å². The summed E-state index contributed by atoms with van der Waals surface area (Å²) in [6.45, 7) is 4.81. The molecule has 0 bridgehead atoms. The van der Waals surface area contributed by atoms with Gasteiger partial charge in [0.25, 0.3) is 0 Å². The number of ether oxygens (including phenoxy) is 4. The Morgan fingerprint density at radius 2 is 0.510 bits per heavy atom. The first-order valence-electron chi connectivity index (χ1n) is 38.5. The van der Waals surface area contributed by atoms with E-state index in [0.29, 0.717) is 25.7 Å². The quantitative estimate of drug-likeness (QED) is 0.0169. The van der Waals surface area contributed by atoms with E-state index in [1.165, 1.54) is 109 Å². The monoisotopic (exact) mass is 1400 g/mol. The Morgan fingerprint density at radius 1 is 0.292 bits per heavy atom. The molecule has 0 aromatic carbocycles. The van der Waals surface area contributed by atoms with E-state index in [2.05, 4.69) is 88.5 Å². The standard InChI is InChI=1S/C77H140O17P2/c1-5-9-13-17-21-25-29-33-35-39-42-46-50-54-58-62-75(80)88-68-72(93-76(81)63-59-55-51-47-43-38-32-28-24-20-16-12-8-4)69-91-95(83,84)89-65-71(78)66-90-96(85,86)92-70-73(67-87-74(79)61-57-53-49-45-41-37-31-27-23-19-15-11-7-3)94-77(82)64-60-56-52-48-44-40-36-34-30-26-22-18-14-10-6-2/h21,25,27-28,31-36,71-73,78H,5-20,22-24,26,29-30,37-70H2,1-4H3,(H,83,84)(H,85,86)/b25-21-,31-27-,32-28-,35-33-,36-34-/t71-,72+,73+/m0/s1. The third-order valence-electron chi connectivity index (χ3n) is 16.4. The maximum Gasteiger partial charge on any atom is 0.472 e. The Bertz CT molecular complexity index is 2060. The van der Waals surface area contributed by atoms with E-state index in [1.807, 2.05) is 0 Å². The number of carbonyl (C=O) groups is 4. The predicted molar refractivity (Wildman–Crippen MR) is 390 cm³/mol. The molecule has 0 heterocycles. The van der Waals surface area contributed by atoms with Gasteiger partial charge in [-0.05, 0) is 135 Å². The van der Waals surface area contributed by atoms with E-state index in [-0.39, 0.29) is 25.7 Å². The lowest BCUT2D eigenvalue weighted by Gasteiger charge is -2.21. The normalized spacial score (nSPS) is 14.3. The van der Waals surface area contributed by atoms with Gasteiger partial charge in [0, 0.05) is 25.7 Å². The van der Waals surface area contributed by atoms with Crippen molar-refractivity contribution in [3.63, 3.8) is 0 Å². The highest BCUT2D eigenvalue weighted by molar-refractivity contribution is 7.47. The summed E-state index contributed by atoms with van der Waals surface area (Å²) in [4.78, 5) is 72.8. The molecule has 0 aliphatic carbocycles. The van der Waals surface area contributed by atoms with E-state index in [9.17, 15) is 43.2 Å². The lowest BCUT2D eigenvalue weighted by molar-refractivity contribution is -0.161. The van der Waals surface area contributed by atoms with Gasteiger partial charge in [-0.3, -0.25) is 37.3 Å². The zero-order valence-electron chi connectivity index (χ0n) is 61.1. The van der Waals surface area contributed by atoms with Crippen molar-refractivity contribution in [2.24, 2.45) is 0 Å². The zero-order chi connectivity index (χ0) is 70.4. The third-order valence-corrected chi connectivity index (χ3v) is 18.3. The fraction of sp³-hybridized carbons (Fsp3) is 0.818. The molecule has 0 aromatic rings. The lowest BCUT2D eigenvalue weighted by atomic mass is 10.1. The SMILES string of the molecule is CCCCC/C=C\C/C=C\CCCCCCCC(=O)OC[C@H](COP(=O)(O)OC[C@H](O)COP(=O)(O)OC[C@@H](COC(=O)CCCCCCC/C=C\CCCCCC)OC(=O)CCCCCCC/C=C\CCCCCCCC)OC(=O)CCCCCCC/C=C\CCCCCC. The molecule has 0 spiro atoms. The summed E-state index contributed by atoms with van der Waals surface area (Å²) < 4.78 is 68.4. The van der Waals surface area contributed by atoms with Crippen molar-refractivity contribution in [3.8, 4) is 0 Å². The molecule has 0 rings (SSSR count). The summed E-state index contributed by atoms with van der Waals surface area (Å²) in [5.74, 6) is -2.19. The molecule has 0 aliphatic rings. The molecule has 0 radical (unpaired) electrons. The molecule has 0 aromatic heterocycles. The first kappa shape index (κ1) is 92.8. The summed E-state index contributed by atoms with van der Waals surface area (Å²) in [6, 6.07) is 0. The fourth-order valence-electron chi connectivity index (χ4n) is 10.5. The number of allylic oxidation sites excluding steroid dienone is 10. The van der Waals surface area contributed by atoms with E-state index in [1.54, 1.807) is 0 Å². The minimum Gasteiger partial charge on any atom is -0.462 e. The number of hydrogen-bond donors (Lipinski definition) is 3. The van der Waals surface area contributed by atoms with Crippen molar-refractivity contribution in [2.75, 3.05) is 39.6 Å². The van der Waals surface area contributed by atoms with Crippen LogP contribution in [0.5, 0.6) is 0 Å². The van der Waals surface area contributed by atoms with Crippen LogP contribution in [-0.2, 0) is 65.4 Å². The molecule has 5 atom stereocenters. The number of rotatable bonds is 73. The molecule has 2 unspecified atom stereocenters. The van der Waals surface area contributed by atoms with Crippen LogP contribution in [-0.4, -0.2) is 96.7 Å². The van der Waals surface area contributed by atoms with Gasteiger partial charge >= 0.3 is 39.5 Å². The average molecular weight is 1400 g/mol. The maximum absolute atomic E-state index is 13.1. The van der Waals surface area contributed by atoms with Crippen molar-refractivity contribution in [1.29, 1.82) is 0 Å². The molecule has 0 saturated carbocycles. The van der Waals surface area contributed by atoms with E-state index < -0.39 is 97.5 Å². The van der Waals surface area contributed by atoms with Crippen molar-refractivity contribution in [3.05, 3.63) is 60.8 Å². The number of phosphoric acid groups is 2. The summed E-state index contributed by atoms with van der Waals surface area (Å²) in [5.41, 5.74) is 0. The number of carbonyl (C=O) groups excluding carboxylic acids is 4. The van der Waals surface area contributed by atoms with Crippen LogP contribution in [0.25, 0.3) is 0 Å². The Hall–Kier alpha value is -3.24. The van der Waals surface area contributed by atoms with Crippen molar-refractivity contribution in [2.45, 2.75) is 367 Å². The Kier molecular flexibility index (Phi) is 67.8. The maximum atomic E-state index is 13.1. The highest BCUT2D eigenvalue weighted by Crippen LogP contribution is 2.45. The van der Waals surface area contributed by atoms with Gasteiger partial charge in [-0.2, -0.15) is 0 Å². The van der Waals surface area contributed by atoms with E-state index in [4.69, 9.17) is 37.0 Å². The molecule has 3 N–H and O–H groups in total. The number of unbranched alkanes of at least 4 members (excludes halogenated alkanes) is 37. The van der Waals surface area contributed by atoms with Gasteiger partial charge in [-0.25, -0.2) is 9.13 Å². The van der Waals surface area contributed by atoms with Crippen molar-refractivity contribution < 1.29 is 80.2 Å². The van der Waals surface area contributed by atoms with Crippen LogP contribution in [0.2, 0.25) is 0 Å². The zero-order valence-corrected chi connectivity index (χ0v) is 62.8. The molecular formula is C77H140O17P2. The fourth-order valence-corrected chi connectivity index (χ4v) is 12.0. The van der Waals surface area contributed by atoms with Crippen LogP contribution >= 0.6 is 15.6 Å². The number of aliphatic hydroxyl groups is 1. The van der Waals surface area contributed by atoms with Gasteiger partial charge in [-0.1, -0.05) is 249 Å². The lowest BCUT2D eigenvalue weighted by Crippen LogP contribution is -2.30. The second kappa shape index (κ2) is 70.2. The highest BCUT2D eigenvalue weighted by atomic mass is 31.2. The molecule has 0 amide bonds. The molecule has 560 valence electrons. The third kappa shape index (κ3) is 69.2. The van der Waals surface area contributed by atoms with Crippen LogP contribution < -0.4 is 0 Å². The van der Waals surface area contributed by atoms with Gasteiger partial charge in [0.15, 0.2) is 12.2 Å². The molecular weight excluding hydrogens is 1260 g/mol. The second-order valence-electron chi connectivity index (χ2n) is 25.9. The number of phosphoric ester groups is 2. The number of aliphatic hydroxyl groups excluding tert-OH is 1. The molecule has 17 nitrogen and oxygen atoms in total. The smallest absolute Gasteiger partial charge is 0.462 e. The molecule has 0 saturated heterocycles. The van der Waals surface area contributed by atoms with Crippen molar-refractivity contribution in [1.82, 2.24) is 0 Å². The summed E-state index contributed by atoms with van der Waals surface area (Å²) in [7, 11) is -9.94. The highest BCUT2D eigenvalue weighted by Gasteiger charge is 2.30. The van der Waals surface area contributed by atoms with Crippen LogP contribution in [0.3, 0.4) is 0 Å². The summed E-state index contributed by atoms with van der Waals surface area (Å²) in [6.07, 6.45) is 67.7. The van der Waals surface area contributed by atoms with E-state index >= 15 is 0 Å². The first-order valence-corrected chi connectivity index (χ1v) is 41.5. The number of hydrogen-bond acceptors (Lipinski definition) is 15. The van der Waals surface area contributed by atoms with Crippen LogP contribution in [0.15, 0.2) is 60.8 Å². The molecule has 0 aliphatic heterocycles. The summed E-state index contributed by atoms with van der Waals surface area (Å²) >= 11 is 0. The van der Waals surface area contributed by atoms with Crippen LogP contribution in [0, 0.1) is 0 Å². The second-order valence-corrected chi connectivity index (χ2v) is 28.8. The molecule has 96 heavy (non-hydrogen) atoms. The Labute approximate surface area is 584 Å². The average Bonchev–Trinajstić information content (AvgIpc) is 1.17. The van der Waals surface area contributed by atoms with Gasteiger partial charge in [-0.15, -0.1) is 0 Å². The summed E-state index contributed by atoms with van der Waals surface area (Å²) in [5, 5.41) is 10.6. The van der Waals surface area contributed by atoms with Crippen LogP contribution in [0.1, 0.15) is 349 Å². The van der Waals surface area contributed by atoms with Gasteiger partial charge < -0.3 is 33.8 Å². The topological polar surface area (TPSA) is 237 Å². The Morgan fingerprint density at radius 3 is 0.812 bits per heavy atom. The molecule has 0 fully saturated rings. The largest absolute Gasteiger partial charge is 0.472 e. The minimum atomic E-state index is -4.97. The Balaban J connectivity index is 5.34. The number of esters is 4.